The Labute approximate surface area is 292 Å². The molecule has 0 spiro atoms. The molecule has 14 nitrogen and oxygen atoms in total. The molecule has 2 saturated heterocycles. The minimum absolute atomic E-state index is 0.00668. The third-order valence-electron chi connectivity index (χ3n) is 12.3. The summed E-state index contributed by atoms with van der Waals surface area (Å²) in [5, 5.41) is 45.5. The normalized spacial score (nSPS) is 37.3. The van der Waals surface area contributed by atoms with Crippen molar-refractivity contribution in [2.45, 2.75) is 63.9 Å². The van der Waals surface area contributed by atoms with Crippen LogP contribution in [-0.2, 0) is 14.3 Å². The summed E-state index contributed by atoms with van der Waals surface area (Å²) >= 11 is 0. The maximum atomic E-state index is 13.8. The molecule has 2 saturated carbocycles. The first kappa shape index (κ1) is 34.3. The van der Waals surface area contributed by atoms with Crippen LogP contribution >= 0.6 is 0 Å². The number of ether oxygens (including phenoxy) is 2. The number of aromatic nitrogens is 1. The van der Waals surface area contributed by atoms with E-state index in [1.807, 2.05) is 25.1 Å². The van der Waals surface area contributed by atoms with Crippen LogP contribution in [0, 0.1) is 34.0 Å². The van der Waals surface area contributed by atoms with E-state index in [0.29, 0.717) is 48.9 Å². The highest BCUT2D eigenvalue weighted by molar-refractivity contribution is 6.17. The summed E-state index contributed by atoms with van der Waals surface area (Å²) in [6, 6.07) is 4.62. The van der Waals surface area contributed by atoms with E-state index >= 15 is 0 Å². The van der Waals surface area contributed by atoms with Crippen molar-refractivity contribution < 1.29 is 29.3 Å². The maximum absolute atomic E-state index is 13.8. The Bertz CT molecular complexity index is 1640. The Morgan fingerprint density at radius 3 is 2.76 bits per heavy atom. The van der Waals surface area contributed by atoms with Crippen molar-refractivity contribution in [3.05, 3.63) is 60.0 Å². The van der Waals surface area contributed by atoms with Crippen LogP contribution in [-0.4, -0.2) is 113 Å². The van der Waals surface area contributed by atoms with Gasteiger partial charge in [0.15, 0.2) is 0 Å². The van der Waals surface area contributed by atoms with Crippen molar-refractivity contribution in [1.29, 1.82) is 5.41 Å². The molecule has 268 valence electrons. The van der Waals surface area contributed by atoms with Crippen LogP contribution in [0.5, 0.6) is 0 Å². The van der Waals surface area contributed by atoms with Crippen molar-refractivity contribution >= 4 is 29.4 Å². The number of morpholine rings is 1. The lowest BCUT2D eigenvalue weighted by molar-refractivity contribution is -0.163. The zero-order chi connectivity index (χ0) is 35.4. The number of nitrogens with one attached hydrogen (secondary N) is 4. The number of hydrazone groups is 1. The summed E-state index contributed by atoms with van der Waals surface area (Å²) in [6.07, 6.45) is 6.53. The lowest BCUT2D eigenvalue weighted by Crippen LogP contribution is -2.62. The van der Waals surface area contributed by atoms with Gasteiger partial charge in [0, 0.05) is 43.9 Å². The number of hydrogen-bond donors (Lipinski definition) is 6. The van der Waals surface area contributed by atoms with Crippen molar-refractivity contribution in [1.82, 2.24) is 25.5 Å². The molecule has 2 amide bonds. The van der Waals surface area contributed by atoms with Crippen LogP contribution in [0.2, 0.25) is 0 Å². The fourth-order valence-electron chi connectivity index (χ4n) is 9.48. The molecule has 2 aliphatic carbocycles. The number of cyclic esters (lactones) is 1. The number of esters is 1. The molecule has 4 fully saturated rings. The molecule has 6 unspecified atom stereocenters. The molecule has 0 bridgehead atoms. The molecule has 1 aromatic rings. The minimum atomic E-state index is -0.698. The van der Waals surface area contributed by atoms with E-state index in [1.54, 1.807) is 30.4 Å². The van der Waals surface area contributed by atoms with Crippen LogP contribution in [0.3, 0.4) is 0 Å². The fraction of sp³-hybridized carbons (Fsp3) is 0.583. The van der Waals surface area contributed by atoms with Gasteiger partial charge in [0.1, 0.15) is 29.5 Å². The smallest absolute Gasteiger partial charge is 0.341 e. The van der Waals surface area contributed by atoms with Gasteiger partial charge in [0.05, 0.1) is 43.3 Å². The Balaban J connectivity index is 1.25. The van der Waals surface area contributed by atoms with Gasteiger partial charge in [-0.1, -0.05) is 32.1 Å². The second-order valence-corrected chi connectivity index (χ2v) is 15.0. The average Bonchev–Trinajstić information content (AvgIpc) is 3.62. The number of urea groups is 1. The van der Waals surface area contributed by atoms with Crippen LogP contribution in [0.1, 0.15) is 39.5 Å². The van der Waals surface area contributed by atoms with Gasteiger partial charge >= 0.3 is 12.0 Å². The predicted octanol–water partition coefficient (Wildman–Crippen LogP) is 2.21. The molecule has 50 heavy (non-hydrogen) atoms. The molecular formula is C36H48N8O6. The quantitative estimate of drug-likeness (QED) is 0.175. The number of carbonyl (C=O) groups excluding carboxylic acids is 2. The number of anilines is 1. The molecule has 1 aromatic heterocycles. The zero-order valence-corrected chi connectivity index (χ0v) is 28.9. The Morgan fingerprint density at radius 2 is 2.04 bits per heavy atom. The van der Waals surface area contributed by atoms with Crippen LogP contribution in [0.25, 0.3) is 0 Å². The molecule has 6 aliphatic rings. The zero-order valence-electron chi connectivity index (χ0n) is 28.9. The summed E-state index contributed by atoms with van der Waals surface area (Å²) in [5.41, 5.74) is 0.989. The van der Waals surface area contributed by atoms with E-state index in [2.05, 4.69) is 37.9 Å². The highest BCUT2D eigenvalue weighted by atomic mass is 16.5. The van der Waals surface area contributed by atoms with Crippen molar-refractivity contribution in [3.8, 4) is 0 Å². The summed E-state index contributed by atoms with van der Waals surface area (Å²) < 4.78 is 11.5. The number of carbonyl (C=O) groups is 2. The Morgan fingerprint density at radius 1 is 1.26 bits per heavy atom. The van der Waals surface area contributed by atoms with Gasteiger partial charge in [0.25, 0.3) is 0 Å². The minimum Gasteiger partial charge on any atom is -0.423 e. The fourth-order valence-corrected chi connectivity index (χ4v) is 9.48. The number of amidine groups is 1. The molecule has 5 heterocycles. The molecule has 0 aromatic carbocycles. The first-order valence-corrected chi connectivity index (χ1v) is 17.5. The topological polar surface area (TPSA) is 185 Å². The predicted molar refractivity (Wildman–Crippen MR) is 186 cm³/mol. The van der Waals surface area contributed by atoms with Crippen molar-refractivity contribution in [3.63, 3.8) is 0 Å². The number of pyridine rings is 1. The van der Waals surface area contributed by atoms with Crippen LogP contribution < -0.4 is 16.0 Å². The molecule has 6 N–H and O–H groups in total. The van der Waals surface area contributed by atoms with E-state index in [9.17, 15) is 19.8 Å². The first-order valence-electron chi connectivity index (χ1n) is 17.5. The number of amides is 2. The Hall–Kier alpha value is -4.11. The largest absolute Gasteiger partial charge is 0.423 e. The van der Waals surface area contributed by atoms with E-state index in [4.69, 9.17) is 21.5 Å². The first-order chi connectivity index (χ1) is 23.9. The number of hydrogen-bond acceptors (Lipinski definition) is 12. The monoisotopic (exact) mass is 688 g/mol. The van der Waals surface area contributed by atoms with E-state index in [1.165, 1.54) is 0 Å². The van der Waals surface area contributed by atoms with Gasteiger partial charge in [-0.25, -0.2) is 14.6 Å². The highest BCUT2D eigenvalue weighted by Crippen LogP contribution is 2.62. The number of fused-ring (bicyclic) bond motifs is 2. The number of rotatable bonds is 8. The highest BCUT2D eigenvalue weighted by Gasteiger charge is 2.60. The second kappa shape index (κ2) is 13.2. The van der Waals surface area contributed by atoms with E-state index < -0.39 is 41.6 Å². The summed E-state index contributed by atoms with van der Waals surface area (Å²) in [7, 11) is 1.72. The van der Waals surface area contributed by atoms with Crippen LogP contribution in [0.4, 0.5) is 10.6 Å². The molecular weight excluding hydrogens is 640 g/mol. The van der Waals surface area contributed by atoms with E-state index in [0.717, 1.165) is 31.5 Å². The van der Waals surface area contributed by atoms with Gasteiger partial charge in [0.2, 0.25) is 0 Å². The summed E-state index contributed by atoms with van der Waals surface area (Å²) in [4.78, 5) is 32.7. The summed E-state index contributed by atoms with van der Waals surface area (Å²) in [6.45, 7) is 11.7. The molecule has 0 radical (unpaired) electrons. The van der Waals surface area contributed by atoms with Gasteiger partial charge in [-0.3, -0.25) is 20.6 Å². The molecule has 14 heteroatoms. The Kier molecular flexibility index (Phi) is 9.08. The number of nitrogens with zero attached hydrogens (tertiary/aromatic N) is 4. The van der Waals surface area contributed by atoms with Crippen LogP contribution in [0.15, 0.2) is 65.1 Å². The molecule has 4 aliphatic heterocycles. The SMILES string of the molecule is C=C1C(N2CCOCC2)CC2[C@](C)(CC[C@@H](O)[C@@]2(C)CO)C1CC(Nc1ccccn1)C1=C/C(=C\C2=NN(C)C3NC(=O)NC(=N)C23)OC1=O. The lowest BCUT2D eigenvalue weighted by atomic mass is 9.45. The third kappa shape index (κ3) is 5.91. The maximum Gasteiger partial charge on any atom is 0.341 e. The van der Waals surface area contributed by atoms with Gasteiger partial charge in [-0.2, -0.15) is 5.10 Å². The standard InChI is InChI=1S/C36H48N8O6/c1-20-23(35(2)9-8-28(46)36(3,19-45)27(35)18-26(20)44-11-13-49-14-12-44)17-24(39-29-7-5-6-10-38-29)22-15-21(50-33(22)47)16-25-30-31(37)40-34(48)41-32(30)43(4)42-25/h5-7,10,15-16,23-24,26-28,30,32,45-46H,1,8-9,11-14,17-19H2,2-4H3,(H,38,39)(H3,37,40,41,48)/b21-16+/t23?,24?,26?,27?,28-,30?,32?,35-,36+/m1/s1. The van der Waals surface area contributed by atoms with E-state index in [-0.39, 0.29) is 35.7 Å². The van der Waals surface area contributed by atoms with Gasteiger partial charge in [-0.05, 0) is 61.1 Å². The molecule has 7 rings (SSSR count). The van der Waals surface area contributed by atoms with Gasteiger partial charge in [-0.15, -0.1) is 0 Å². The van der Waals surface area contributed by atoms with Crippen molar-refractivity contribution in [2.75, 3.05) is 45.3 Å². The average molecular weight is 689 g/mol. The number of allylic oxidation sites excluding steroid dienone is 2. The number of aliphatic hydroxyl groups excluding tert-OH is 2. The number of aliphatic hydroxyl groups is 2. The third-order valence-corrected chi connectivity index (χ3v) is 12.3. The summed E-state index contributed by atoms with van der Waals surface area (Å²) in [5.74, 6) is -0.215. The second-order valence-electron chi connectivity index (χ2n) is 15.0. The lowest BCUT2D eigenvalue weighted by Gasteiger charge is -2.62. The van der Waals surface area contributed by atoms with Crippen molar-refractivity contribution in [2.24, 2.45) is 33.7 Å². The van der Waals surface area contributed by atoms with Gasteiger partial charge < -0.3 is 30.3 Å². The molecule has 9 atom stereocenters.